The fraction of sp³-hybridized carbons (Fsp3) is 0.143. The Morgan fingerprint density at radius 2 is 1.95 bits per heavy atom. The lowest BCUT2D eigenvalue weighted by molar-refractivity contribution is 0.0908. The van der Waals surface area contributed by atoms with Crippen molar-refractivity contribution in [1.29, 1.82) is 0 Å². The predicted molar refractivity (Wildman–Crippen MR) is 69.6 cm³/mol. The van der Waals surface area contributed by atoms with Gasteiger partial charge in [0.25, 0.3) is 5.91 Å². The van der Waals surface area contributed by atoms with Gasteiger partial charge in [-0.1, -0.05) is 30.3 Å². The molecule has 0 bridgehead atoms. The highest BCUT2D eigenvalue weighted by Crippen LogP contribution is 2.16. The number of pyridine rings is 1. The smallest absolute Gasteiger partial charge is 0.274 e. The van der Waals surface area contributed by atoms with Crippen LogP contribution in [0.15, 0.2) is 48.7 Å². The number of benzene rings is 1. The minimum absolute atomic E-state index is 0.0584. The molecular weight excluding hydrogens is 244 g/mol. The van der Waals surface area contributed by atoms with E-state index in [1.54, 1.807) is 12.1 Å². The Morgan fingerprint density at radius 1 is 1.21 bits per heavy atom. The molecule has 0 saturated heterocycles. The topological polar surface area (TPSA) is 82.5 Å². The fourth-order valence-electron chi connectivity index (χ4n) is 1.72. The van der Waals surface area contributed by atoms with Gasteiger partial charge in [-0.15, -0.1) is 0 Å². The summed E-state index contributed by atoms with van der Waals surface area (Å²) in [7, 11) is 0. The Bertz CT molecular complexity index is 558. The molecule has 1 unspecified atom stereocenters. The van der Waals surface area contributed by atoms with Gasteiger partial charge in [-0.2, -0.15) is 0 Å². The van der Waals surface area contributed by atoms with E-state index in [1.165, 1.54) is 18.3 Å². The Morgan fingerprint density at radius 3 is 2.58 bits per heavy atom. The maximum atomic E-state index is 12.0. The molecule has 1 amide bonds. The van der Waals surface area contributed by atoms with Crippen molar-refractivity contribution in [3.8, 4) is 5.75 Å². The lowest BCUT2D eigenvalue weighted by atomic mass is 10.1. The van der Waals surface area contributed by atoms with Crippen molar-refractivity contribution in [1.82, 2.24) is 10.3 Å². The average molecular weight is 258 g/mol. The molecule has 1 heterocycles. The standard InChI is InChI=1S/C14H14N2O3/c17-9-11(10-5-2-1-3-6-10)16-14(19)13-12(18)7-4-8-15-13/h1-8,11,17-18H,9H2,(H,16,19). The highest BCUT2D eigenvalue weighted by atomic mass is 16.3. The van der Waals surface area contributed by atoms with E-state index in [9.17, 15) is 15.0 Å². The average Bonchev–Trinajstić information content (AvgIpc) is 2.46. The van der Waals surface area contributed by atoms with Crippen LogP contribution in [0.4, 0.5) is 0 Å². The highest BCUT2D eigenvalue weighted by molar-refractivity contribution is 5.94. The van der Waals surface area contributed by atoms with Gasteiger partial charge in [0.05, 0.1) is 12.6 Å². The van der Waals surface area contributed by atoms with Crippen LogP contribution in [0.1, 0.15) is 22.1 Å². The molecule has 0 saturated carbocycles. The van der Waals surface area contributed by atoms with Gasteiger partial charge in [-0.3, -0.25) is 4.79 Å². The second-order valence-corrected chi connectivity index (χ2v) is 3.99. The molecule has 2 rings (SSSR count). The van der Waals surface area contributed by atoms with E-state index in [0.29, 0.717) is 0 Å². The van der Waals surface area contributed by atoms with Gasteiger partial charge in [0.1, 0.15) is 5.75 Å². The summed E-state index contributed by atoms with van der Waals surface area (Å²) in [5.74, 6) is -0.717. The van der Waals surface area contributed by atoms with Crippen LogP contribution >= 0.6 is 0 Å². The van der Waals surface area contributed by atoms with E-state index >= 15 is 0 Å². The van der Waals surface area contributed by atoms with Gasteiger partial charge < -0.3 is 15.5 Å². The summed E-state index contributed by atoms with van der Waals surface area (Å²) >= 11 is 0. The molecule has 0 spiro atoms. The van der Waals surface area contributed by atoms with Crippen LogP contribution in [0.3, 0.4) is 0 Å². The lowest BCUT2D eigenvalue weighted by Crippen LogP contribution is -2.31. The molecule has 0 aliphatic heterocycles. The number of rotatable bonds is 4. The van der Waals surface area contributed by atoms with E-state index < -0.39 is 11.9 Å². The molecule has 5 heteroatoms. The summed E-state index contributed by atoms with van der Waals surface area (Å²) in [4.78, 5) is 15.8. The maximum absolute atomic E-state index is 12.0. The number of hydrogen-bond acceptors (Lipinski definition) is 4. The molecule has 0 fully saturated rings. The number of aliphatic hydroxyl groups excluding tert-OH is 1. The summed E-state index contributed by atoms with van der Waals surface area (Å²) in [6.45, 7) is -0.233. The van der Waals surface area contributed by atoms with E-state index in [2.05, 4.69) is 10.3 Å². The minimum atomic E-state index is -0.532. The third-order valence-electron chi connectivity index (χ3n) is 2.69. The number of hydrogen-bond donors (Lipinski definition) is 3. The third-order valence-corrected chi connectivity index (χ3v) is 2.69. The first kappa shape index (κ1) is 13.0. The normalized spacial score (nSPS) is 11.8. The van der Waals surface area contributed by atoms with Crippen molar-refractivity contribution in [2.24, 2.45) is 0 Å². The van der Waals surface area contributed by atoms with Gasteiger partial charge in [0, 0.05) is 6.20 Å². The molecule has 3 N–H and O–H groups in total. The molecule has 2 aromatic rings. The molecule has 1 aromatic heterocycles. The Hall–Kier alpha value is -2.40. The van der Waals surface area contributed by atoms with Gasteiger partial charge >= 0.3 is 0 Å². The third kappa shape index (κ3) is 3.08. The summed E-state index contributed by atoms with van der Waals surface area (Å²) in [5, 5.41) is 21.5. The minimum Gasteiger partial charge on any atom is -0.505 e. The molecule has 1 atom stereocenters. The lowest BCUT2D eigenvalue weighted by Gasteiger charge is -2.16. The van der Waals surface area contributed by atoms with E-state index in [0.717, 1.165) is 5.56 Å². The molecule has 0 aliphatic carbocycles. The van der Waals surface area contributed by atoms with Crippen molar-refractivity contribution in [3.63, 3.8) is 0 Å². The molecule has 0 radical (unpaired) electrons. The van der Waals surface area contributed by atoms with Crippen molar-refractivity contribution >= 4 is 5.91 Å². The SMILES string of the molecule is O=C(NC(CO)c1ccccc1)c1ncccc1O. The number of carbonyl (C=O) groups excluding carboxylic acids is 1. The summed E-state index contributed by atoms with van der Waals surface area (Å²) in [6.07, 6.45) is 1.42. The maximum Gasteiger partial charge on any atom is 0.274 e. The van der Waals surface area contributed by atoms with Crippen molar-refractivity contribution in [3.05, 3.63) is 59.9 Å². The van der Waals surface area contributed by atoms with Crippen LogP contribution < -0.4 is 5.32 Å². The summed E-state index contributed by atoms with van der Waals surface area (Å²) in [6, 6.07) is 11.5. The van der Waals surface area contributed by atoms with E-state index in [-0.39, 0.29) is 18.1 Å². The zero-order valence-electron chi connectivity index (χ0n) is 10.2. The number of carbonyl (C=O) groups is 1. The van der Waals surface area contributed by atoms with Crippen molar-refractivity contribution in [2.75, 3.05) is 6.61 Å². The van der Waals surface area contributed by atoms with Crippen LogP contribution in [0.25, 0.3) is 0 Å². The summed E-state index contributed by atoms with van der Waals surface area (Å²) in [5.41, 5.74) is 0.727. The molecular formula is C14H14N2O3. The summed E-state index contributed by atoms with van der Waals surface area (Å²) < 4.78 is 0. The van der Waals surface area contributed by atoms with Gasteiger partial charge in [0.15, 0.2) is 5.69 Å². The number of nitrogens with one attached hydrogen (secondary N) is 1. The number of aromatic hydroxyl groups is 1. The quantitative estimate of drug-likeness (QED) is 0.770. The molecule has 0 aliphatic rings. The largest absolute Gasteiger partial charge is 0.505 e. The van der Waals surface area contributed by atoms with Gasteiger partial charge in [-0.25, -0.2) is 4.98 Å². The Labute approximate surface area is 110 Å². The molecule has 5 nitrogen and oxygen atoms in total. The first-order valence-corrected chi connectivity index (χ1v) is 5.83. The molecule has 19 heavy (non-hydrogen) atoms. The first-order chi connectivity index (χ1) is 9.22. The number of aliphatic hydroxyl groups is 1. The fourth-order valence-corrected chi connectivity index (χ4v) is 1.72. The van der Waals surface area contributed by atoms with Crippen molar-refractivity contribution in [2.45, 2.75) is 6.04 Å². The number of nitrogens with zero attached hydrogens (tertiary/aromatic N) is 1. The van der Waals surface area contributed by atoms with Crippen LogP contribution in [0.5, 0.6) is 5.75 Å². The Kier molecular flexibility index (Phi) is 4.10. The zero-order chi connectivity index (χ0) is 13.7. The Balaban J connectivity index is 2.16. The van der Waals surface area contributed by atoms with Crippen LogP contribution in [-0.4, -0.2) is 27.7 Å². The van der Waals surface area contributed by atoms with Crippen LogP contribution in [0.2, 0.25) is 0 Å². The van der Waals surface area contributed by atoms with Crippen molar-refractivity contribution < 1.29 is 15.0 Å². The number of aromatic nitrogens is 1. The second-order valence-electron chi connectivity index (χ2n) is 3.99. The van der Waals surface area contributed by atoms with E-state index in [4.69, 9.17) is 0 Å². The zero-order valence-corrected chi connectivity index (χ0v) is 10.2. The van der Waals surface area contributed by atoms with Crippen LogP contribution in [-0.2, 0) is 0 Å². The molecule has 1 aromatic carbocycles. The first-order valence-electron chi connectivity index (χ1n) is 5.83. The number of amides is 1. The highest BCUT2D eigenvalue weighted by Gasteiger charge is 2.17. The van der Waals surface area contributed by atoms with Gasteiger partial charge in [0.2, 0.25) is 0 Å². The molecule has 98 valence electrons. The van der Waals surface area contributed by atoms with E-state index in [1.807, 2.05) is 18.2 Å². The van der Waals surface area contributed by atoms with Gasteiger partial charge in [-0.05, 0) is 17.7 Å². The second kappa shape index (κ2) is 5.97. The monoisotopic (exact) mass is 258 g/mol. The van der Waals surface area contributed by atoms with Crippen LogP contribution in [0, 0.1) is 0 Å². The predicted octanol–water partition coefficient (Wildman–Crippen LogP) is 1.25.